The van der Waals surface area contributed by atoms with Crippen LogP contribution in [0.4, 0.5) is 0 Å². The van der Waals surface area contributed by atoms with E-state index in [0.29, 0.717) is 16.7 Å². The van der Waals surface area contributed by atoms with Crippen molar-refractivity contribution in [1.82, 2.24) is 16.2 Å². The van der Waals surface area contributed by atoms with E-state index < -0.39 is 0 Å². The maximum absolute atomic E-state index is 5.59. The summed E-state index contributed by atoms with van der Waals surface area (Å²) in [6.07, 6.45) is 17.0. The molecule has 1 unspecified atom stereocenters. The Labute approximate surface area is 203 Å². The Kier molecular flexibility index (Phi) is 6.14. The molecule has 5 aliphatic rings. The molecule has 4 saturated carbocycles. The van der Waals surface area contributed by atoms with E-state index in [1.807, 2.05) is 0 Å². The summed E-state index contributed by atoms with van der Waals surface area (Å²) in [4.78, 5) is 0. The largest absolute Gasteiger partial charge is 0.342 e. The standard InChI is InChI=1S/C28H49N3S/c1-18(2)9-8-10-19(3)21-12-13-22-20-17-28(29-25(32)30-31-28)24-11-6-7-15-27(24,5)23(20)14-16-26(21,22)4/h18-24,31H,6-17H2,1-5H3,(H2,29,30,32)/t19-,20+,21-,22+,23+,24+,26-,27-,28?/m1/s1. The third-order valence-corrected chi connectivity index (χ3v) is 11.8. The van der Waals surface area contributed by atoms with E-state index in [1.54, 1.807) is 0 Å². The van der Waals surface area contributed by atoms with Crippen molar-refractivity contribution in [2.75, 3.05) is 0 Å². The molecule has 0 radical (unpaired) electrons. The van der Waals surface area contributed by atoms with Crippen LogP contribution in [0, 0.1) is 52.3 Å². The molecular formula is C28H49N3S. The van der Waals surface area contributed by atoms with Gasteiger partial charge in [0.2, 0.25) is 0 Å². The molecule has 1 aliphatic heterocycles. The van der Waals surface area contributed by atoms with Gasteiger partial charge in [0.15, 0.2) is 5.11 Å². The van der Waals surface area contributed by atoms with Crippen LogP contribution in [0.2, 0.25) is 0 Å². The highest BCUT2D eigenvalue weighted by atomic mass is 32.1. The van der Waals surface area contributed by atoms with Gasteiger partial charge in [-0.2, -0.15) is 0 Å². The number of thiocarbonyl (C=S) groups is 1. The second kappa shape index (κ2) is 8.40. The first-order valence-corrected chi connectivity index (χ1v) is 14.5. The summed E-state index contributed by atoms with van der Waals surface area (Å²) in [6, 6.07) is 0. The highest BCUT2D eigenvalue weighted by Gasteiger charge is 2.66. The topological polar surface area (TPSA) is 36.1 Å². The van der Waals surface area contributed by atoms with Gasteiger partial charge in [-0.05, 0) is 104 Å². The molecule has 0 aromatic carbocycles. The van der Waals surface area contributed by atoms with E-state index in [1.165, 1.54) is 77.0 Å². The quantitative estimate of drug-likeness (QED) is 0.396. The predicted molar refractivity (Wildman–Crippen MR) is 138 cm³/mol. The summed E-state index contributed by atoms with van der Waals surface area (Å²) < 4.78 is 0. The number of hydrogen-bond donors (Lipinski definition) is 3. The van der Waals surface area contributed by atoms with Crippen LogP contribution in [0.5, 0.6) is 0 Å². The maximum Gasteiger partial charge on any atom is 0.182 e. The smallest absolute Gasteiger partial charge is 0.182 e. The van der Waals surface area contributed by atoms with Crippen molar-refractivity contribution in [2.24, 2.45) is 52.3 Å². The Hall–Kier alpha value is -0.350. The first kappa shape index (κ1) is 23.4. The molecule has 5 fully saturated rings. The highest BCUT2D eigenvalue weighted by Crippen LogP contribution is 2.69. The van der Waals surface area contributed by atoms with Crippen molar-refractivity contribution in [2.45, 2.75) is 117 Å². The normalized spacial score (nSPS) is 48.7. The summed E-state index contributed by atoms with van der Waals surface area (Å²) in [7, 11) is 0. The Morgan fingerprint density at radius 3 is 2.44 bits per heavy atom. The third-order valence-electron chi connectivity index (χ3n) is 11.6. The zero-order chi connectivity index (χ0) is 22.7. The van der Waals surface area contributed by atoms with Gasteiger partial charge in [-0.1, -0.05) is 66.7 Å². The average Bonchev–Trinajstić information content (AvgIpc) is 3.28. The molecule has 5 rings (SSSR count). The van der Waals surface area contributed by atoms with Gasteiger partial charge >= 0.3 is 0 Å². The van der Waals surface area contributed by atoms with Gasteiger partial charge in [-0.15, -0.1) is 0 Å². The van der Waals surface area contributed by atoms with Crippen LogP contribution < -0.4 is 16.2 Å². The van der Waals surface area contributed by atoms with Crippen LogP contribution in [0.25, 0.3) is 0 Å². The van der Waals surface area contributed by atoms with Gasteiger partial charge in [0, 0.05) is 5.92 Å². The second-order valence-electron chi connectivity index (χ2n) is 13.6. The van der Waals surface area contributed by atoms with E-state index in [2.05, 4.69) is 50.8 Å². The van der Waals surface area contributed by atoms with Gasteiger partial charge in [-0.25, -0.2) is 5.43 Å². The van der Waals surface area contributed by atoms with Gasteiger partial charge in [-0.3, -0.25) is 5.43 Å². The summed E-state index contributed by atoms with van der Waals surface area (Å²) in [6.45, 7) is 12.7. The van der Waals surface area contributed by atoms with Crippen molar-refractivity contribution in [3.8, 4) is 0 Å². The maximum atomic E-state index is 5.59. The Balaban J connectivity index is 1.40. The van der Waals surface area contributed by atoms with Gasteiger partial charge in [0.1, 0.15) is 5.66 Å². The molecule has 0 amide bonds. The molecule has 0 bridgehead atoms. The van der Waals surface area contributed by atoms with Crippen LogP contribution in [-0.2, 0) is 0 Å². The molecule has 3 N–H and O–H groups in total. The average molecular weight is 460 g/mol. The number of fused-ring (bicyclic) bond motifs is 6. The summed E-state index contributed by atoms with van der Waals surface area (Å²) in [5.74, 6) is 5.98. The fourth-order valence-corrected chi connectivity index (χ4v) is 10.5. The fraction of sp³-hybridized carbons (Fsp3) is 0.964. The monoisotopic (exact) mass is 459 g/mol. The summed E-state index contributed by atoms with van der Waals surface area (Å²) >= 11 is 5.59. The number of hydrogen-bond acceptors (Lipinski definition) is 2. The van der Waals surface area contributed by atoms with Crippen LogP contribution >= 0.6 is 12.2 Å². The second-order valence-corrected chi connectivity index (χ2v) is 14.0. The molecule has 0 aromatic heterocycles. The lowest BCUT2D eigenvalue weighted by molar-refractivity contribution is -0.154. The lowest BCUT2D eigenvalue weighted by Gasteiger charge is -2.65. The molecule has 3 nitrogen and oxygen atoms in total. The minimum atomic E-state index is -0.0212. The minimum Gasteiger partial charge on any atom is -0.342 e. The highest BCUT2D eigenvalue weighted by molar-refractivity contribution is 7.80. The zero-order valence-electron chi connectivity index (χ0n) is 21.4. The fourth-order valence-electron chi connectivity index (χ4n) is 10.3. The molecule has 1 heterocycles. The third kappa shape index (κ3) is 3.56. The summed E-state index contributed by atoms with van der Waals surface area (Å²) in [5.41, 5.74) is 8.04. The first-order valence-electron chi connectivity index (χ1n) is 14.0. The van der Waals surface area contributed by atoms with Crippen molar-refractivity contribution >= 4 is 17.3 Å². The van der Waals surface area contributed by atoms with E-state index in [0.717, 1.165) is 40.6 Å². The molecule has 9 atom stereocenters. The van der Waals surface area contributed by atoms with E-state index in [4.69, 9.17) is 12.2 Å². The zero-order valence-corrected chi connectivity index (χ0v) is 22.3. The molecule has 32 heavy (non-hydrogen) atoms. The lowest BCUT2D eigenvalue weighted by Crippen LogP contribution is -2.69. The van der Waals surface area contributed by atoms with Crippen molar-refractivity contribution in [3.63, 3.8) is 0 Å². The first-order chi connectivity index (χ1) is 15.2. The molecule has 182 valence electrons. The van der Waals surface area contributed by atoms with Crippen LogP contribution in [0.1, 0.15) is 112 Å². The molecule has 0 aromatic rings. The van der Waals surface area contributed by atoms with Gasteiger partial charge < -0.3 is 5.32 Å². The van der Waals surface area contributed by atoms with Gasteiger partial charge in [0.25, 0.3) is 0 Å². The Bertz CT molecular complexity index is 723. The van der Waals surface area contributed by atoms with E-state index >= 15 is 0 Å². The number of nitrogens with one attached hydrogen (secondary N) is 3. The number of hydrazine groups is 1. The molecular weight excluding hydrogens is 410 g/mol. The molecule has 4 aliphatic carbocycles. The van der Waals surface area contributed by atoms with E-state index in [-0.39, 0.29) is 5.66 Å². The minimum absolute atomic E-state index is 0.0212. The van der Waals surface area contributed by atoms with Crippen molar-refractivity contribution < 1.29 is 0 Å². The van der Waals surface area contributed by atoms with Gasteiger partial charge in [0.05, 0.1) is 0 Å². The van der Waals surface area contributed by atoms with Crippen molar-refractivity contribution in [1.29, 1.82) is 0 Å². The molecule has 4 heteroatoms. The van der Waals surface area contributed by atoms with Crippen LogP contribution in [-0.4, -0.2) is 10.8 Å². The molecule has 1 saturated heterocycles. The Morgan fingerprint density at radius 2 is 1.72 bits per heavy atom. The van der Waals surface area contributed by atoms with E-state index in [9.17, 15) is 0 Å². The van der Waals surface area contributed by atoms with Crippen LogP contribution in [0.3, 0.4) is 0 Å². The number of rotatable bonds is 5. The summed E-state index contributed by atoms with van der Waals surface area (Å²) in [5, 5.41) is 4.62. The SMILES string of the molecule is CC(C)CCC[C@@H](C)[C@H]1CC[C@H]2[C@@H]3CC4(NNC(=S)N4)[C@H]4CCCC[C@]4(C)[C@H]3CC[C@]12C. The molecule has 1 spiro atoms. The Morgan fingerprint density at radius 1 is 0.938 bits per heavy atom. The van der Waals surface area contributed by atoms with Crippen LogP contribution in [0.15, 0.2) is 0 Å². The van der Waals surface area contributed by atoms with Crippen molar-refractivity contribution in [3.05, 3.63) is 0 Å². The lowest BCUT2D eigenvalue weighted by atomic mass is 9.42. The predicted octanol–water partition coefficient (Wildman–Crippen LogP) is 6.79.